The van der Waals surface area contributed by atoms with E-state index in [2.05, 4.69) is 23.0 Å². The smallest absolute Gasteiger partial charge is 0.337 e. The van der Waals surface area contributed by atoms with Crippen molar-refractivity contribution in [2.24, 2.45) is 0 Å². The number of anilines is 2. The highest BCUT2D eigenvalue weighted by Crippen LogP contribution is 2.20. The van der Waals surface area contributed by atoms with E-state index in [9.17, 15) is 4.79 Å². The minimum absolute atomic E-state index is 0.132. The van der Waals surface area contributed by atoms with Gasteiger partial charge in [-0.05, 0) is 47.0 Å². The van der Waals surface area contributed by atoms with Crippen molar-refractivity contribution in [1.29, 1.82) is 0 Å². The zero-order chi connectivity index (χ0) is 13.1. The minimum Gasteiger partial charge on any atom is -0.478 e. The predicted octanol–water partition coefficient (Wildman–Crippen LogP) is 2.95. The van der Waals surface area contributed by atoms with Gasteiger partial charge in [-0.15, -0.1) is 0 Å². The van der Waals surface area contributed by atoms with Gasteiger partial charge in [-0.3, -0.25) is 0 Å². The number of nitrogens with two attached hydrogens (primary N) is 1. The van der Waals surface area contributed by atoms with Gasteiger partial charge in [-0.1, -0.05) is 0 Å². The maximum Gasteiger partial charge on any atom is 0.337 e. The topological polar surface area (TPSA) is 75.3 Å². The van der Waals surface area contributed by atoms with E-state index < -0.39 is 5.97 Å². The molecule has 1 aromatic heterocycles. The van der Waals surface area contributed by atoms with Crippen LogP contribution in [0, 0.1) is 6.92 Å². The first-order valence-electron chi connectivity index (χ1n) is 5.46. The van der Waals surface area contributed by atoms with Gasteiger partial charge in [-0.2, -0.15) is 11.3 Å². The van der Waals surface area contributed by atoms with E-state index in [4.69, 9.17) is 10.8 Å². The van der Waals surface area contributed by atoms with Crippen LogP contribution in [0.4, 0.5) is 11.4 Å². The number of hydrogen-bond acceptors (Lipinski definition) is 4. The summed E-state index contributed by atoms with van der Waals surface area (Å²) < 4.78 is 0. The number of carboxylic acid groups (broad SMARTS) is 1. The van der Waals surface area contributed by atoms with Crippen molar-refractivity contribution in [3.05, 3.63) is 45.6 Å². The second kappa shape index (κ2) is 5.10. The van der Waals surface area contributed by atoms with E-state index in [0.717, 1.165) is 5.69 Å². The van der Waals surface area contributed by atoms with Crippen LogP contribution in [0.25, 0.3) is 0 Å². The number of carbonyl (C=O) groups is 1. The fourth-order valence-electron chi connectivity index (χ4n) is 1.63. The second-order valence-electron chi connectivity index (χ2n) is 4.04. The van der Waals surface area contributed by atoms with Crippen LogP contribution in [0.15, 0.2) is 29.0 Å². The molecule has 0 unspecified atom stereocenters. The van der Waals surface area contributed by atoms with Crippen LogP contribution in [0.3, 0.4) is 0 Å². The van der Waals surface area contributed by atoms with Crippen LogP contribution in [0.5, 0.6) is 0 Å². The molecular formula is C13H14N2O2S. The molecule has 0 amide bonds. The summed E-state index contributed by atoms with van der Waals surface area (Å²) in [5.74, 6) is -1.01. The Balaban J connectivity index is 2.09. The molecule has 0 aliphatic heterocycles. The highest BCUT2D eigenvalue weighted by atomic mass is 32.1. The number of hydrogen-bond donors (Lipinski definition) is 3. The van der Waals surface area contributed by atoms with Crippen LogP contribution in [0.2, 0.25) is 0 Å². The number of rotatable bonds is 4. The van der Waals surface area contributed by atoms with Crippen molar-refractivity contribution in [1.82, 2.24) is 0 Å². The van der Waals surface area contributed by atoms with Gasteiger partial charge in [0.2, 0.25) is 0 Å². The molecule has 18 heavy (non-hydrogen) atoms. The van der Waals surface area contributed by atoms with Crippen molar-refractivity contribution in [2.45, 2.75) is 13.5 Å². The minimum atomic E-state index is -1.01. The Bertz CT molecular complexity index is 578. The maximum atomic E-state index is 10.8. The lowest BCUT2D eigenvalue weighted by Crippen LogP contribution is -2.04. The first kappa shape index (κ1) is 12.4. The molecule has 5 heteroatoms. The third-order valence-corrected chi connectivity index (χ3v) is 3.64. The SMILES string of the molecule is Cc1cscc1CNc1ccc(C(=O)O)c(N)c1. The van der Waals surface area contributed by atoms with Gasteiger partial charge in [0, 0.05) is 17.9 Å². The number of carboxylic acids is 1. The van der Waals surface area contributed by atoms with Gasteiger partial charge < -0.3 is 16.2 Å². The molecule has 0 aliphatic rings. The number of aryl methyl sites for hydroxylation is 1. The van der Waals surface area contributed by atoms with E-state index in [-0.39, 0.29) is 11.3 Å². The van der Waals surface area contributed by atoms with Gasteiger partial charge in [0.1, 0.15) is 0 Å². The van der Waals surface area contributed by atoms with Gasteiger partial charge in [-0.25, -0.2) is 4.79 Å². The largest absolute Gasteiger partial charge is 0.478 e. The highest BCUT2D eigenvalue weighted by molar-refractivity contribution is 7.08. The Morgan fingerprint density at radius 1 is 1.44 bits per heavy atom. The molecule has 1 heterocycles. The molecule has 0 atom stereocenters. The van der Waals surface area contributed by atoms with Gasteiger partial charge in [0.25, 0.3) is 0 Å². The van der Waals surface area contributed by atoms with Crippen LogP contribution in [-0.4, -0.2) is 11.1 Å². The van der Waals surface area contributed by atoms with E-state index in [1.165, 1.54) is 17.2 Å². The molecule has 0 fully saturated rings. The van der Waals surface area contributed by atoms with Crippen molar-refractivity contribution in [3.63, 3.8) is 0 Å². The molecule has 0 bridgehead atoms. The summed E-state index contributed by atoms with van der Waals surface area (Å²) in [4.78, 5) is 10.8. The lowest BCUT2D eigenvalue weighted by molar-refractivity contribution is 0.0698. The summed E-state index contributed by atoms with van der Waals surface area (Å²) in [7, 11) is 0. The molecule has 0 saturated heterocycles. The molecule has 94 valence electrons. The quantitative estimate of drug-likeness (QED) is 0.740. The molecule has 0 radical (unpaired) electrons. The molecule has 0 aliphatic carbocycles. The normalized spacial score (nSPS) is 10.3. The fourth-order valence-corrected chi connectivity index (χ4v) is 2.49. The Labute approximate surface area is 109 Å². The molecule has 1 aromatic carbocycles. The number of nitrogens with one attached hydrogen (secondary N) is 1. The number of aromatic carboxylic acids is 1. The number of thiophene rings is 1. The summed E-state index contributed by atoms with van der Waals surface area (Å²) in [6.07, 6.45) is 0. The Kier molecular flexibility index (Phi) is 3.53. The summed E-state index contributed by atoms with van der Waals surface area (Å²) in [5.41, 5.74) is 9.40. The second-order valence-corrected chi connectivity index (χ2v) is 4.78. The van der Waals surface area contributed by atoms with Crippen molar-refractivity contribution < 1.29 is 9.90 Å². The summed E-state index contributed by atoms with van der Waals surface area (Å²) in [6, 6.07) is 4.88. The Morgan fingerprint density at radius 2 is 2.22 bits per heavy atom. The van der Waals surface area contributed by atoms with Crippen LogP contribution >= 0.6 is 11.3 Å². The highest BCUT2D eigenvalue weighted by Gasteiger charge is 2.08. The van der Waals surface area contributed by atoms with E-state index in [1.54, 1.807) is 23.5 Å². The maximum absolute atomic E-state index is 10.8. The molecule has 4 nitrogen and oxygen atoms in total. The van der Waals surface area contributed by atoms with Crippen LogP contribution in [-0.2, 0) is 6.54 Å². The van der Waals surface area contributed by atoms with Gasteiger partial charge in [0.05, 0.1) is 5.56 Å². The van der Waals surface area contributed by atoms with Crippen molar-refractivity contribution >= 4 is 28.7 Å². The molecule has 0 spiro atoms. The van der Waals surface area contributed by atoms with E-state index >= 15 is 0 Å². The standard InChI is InChI=1S/C13H14N2O2S/c1-8-6-18-7-9(8)5-15-10-2-3-11(13(16)17)12(14)4-10/h2-4,6-7,15H,5,14H2,1H3,(H,16,17). The van der Waals surface area contributed by atoms with Gasteiger partial charge >= 0.3 is 5.97 Å². The number of benzene rings is 1. The zero-order valence-electron chi connectivity index (χ0n) is 9.93. The Morgan fingerprint density at radius 3 is 2.78 bits per heavy atom. The van der Waals surface area contributed by atoms with E-state index in [1.807, 2.05) is 0 Å². The fraction of sp³-hybridized carbons (Fsp3) is 0.154. The first-order valence-corrected chi connectivity index (χ1v) is 6.40. The molecule has 4 N–H and O–H groups in total. The monoisotopic (exact) mass is 262 g/mol. The first-order chi connectivity index (χ1) is 8.58. The third-order valence-electron chi connectivity index (χ3n) is 2.73. The molecule has 2 rings (SSSR count). The Hall–Kier alpha value is -2.01. The average molecular weight is 262 g/mol. The molecule has 0 saturated carbocycles. The van der Waals surface area contributed by atoms with E-state index in [0.29, 0.717) is 6.54 Å². The lowest BCUT2D eigenvalue weighted by Gasteiger charge is -2.08. The van der Waals surface area contributed by atoms with Crippen molar-refractivity contribution in [3.8, 4) is 0 Å². The average Bonchev–Trinajstić information content (AvgIpc) is 2.72. The van der Waals surface area contributed by atoms with Crippen LogP contribution in [0.1, 0.15) is 21.5 Å². The van der Waals surface area contributed by atoms with Crippen LogP contribution < -0.4 is 11.1 Å². The zero-order valence-corrected chi connectivity index (χ0v) is 10.8. The number of nitrogen functional groups attached to an aromatic ring is 1. The third kappa shape index (κ3) is 2.62. The van der Waals surface area contributed by atoms with Crippen molar-refractivity contribution in [2.75, 3.05) is 11.1 Å². The summed E-state index contributed by atoms with van der Waals surface area (Å²) in [6.45, 7) is 2.77. The lowest BCUT2D eigenvalue weighted by atomic mass is 10.1. The molecular weight excluding hydrogens is 248 g/mol. The molecule has 2 aromatic rings. The van der Waals surface area contributed by atoms with Gasteiger partial charge in [0.15, 0.2) is 0 Å². The summed E-state index contributed by atoms with van der Waals surface area (Å²) in [5, 5.41) is 16.3. The summed E-state index contributed by atoms with van der Waals surface area (Å²) >= 11 is 1.67. The predicted molar refractivity (Wildman–Crippen MR) is 74.2 cm³/mol.